The molecule has 43 heavy (non-hydrogen) atoms. The molecule has 1 heterocycles. The number of allylic oxidation sites excluding steroid dienone is 3. The number of hydrogen-bond donors (Lipinski definition) is 1. The lowest BCUT2D eigenvalue weighted by molar-refractivity contribution is -0.137. The summed E-state index contributed by atoms with van der Waals surface area (Å²) in [5.74, 6) is -0.425. The van der Waals surface area contributed by atoms with Gasteiger partial charge in [-0.1, -0.05) is 55.8 Å². The van der Waals surface area contributed by atoms with E-state index in [9.17, 15) is 23.2 Å². The van der Waals surface area contributed by atoms with Gasteiger partial charge in [0.1, 0.15) is 18.2 Å². The predicted octanol–water partition coefficient (Wildman–Crippen LogP) is 8.15. The van der Waals surface area contributed by atoms with Crippen LogP contribution in [0.5, 0.6) is 5.75 Å². The van der Waals surface area contributed by atoms with Crippen molar-refractivity contribution in [2.45, 2.75) is 66.2 Å². The van der Waals surface area contributed by atoms with Crippen LogP contribution < -0.4 is 15.4 Å². The number of aryl methyl sites for hydroxylation is 3. The molecule has 1 aliphatic carbocycles. The molecule has 0 saturated carbocycles. The molecular weight excluding hydrogens is 551 g/mol. The molecule has 3 aromatic carbocycles. The SMILES string of the molecule is Cc1ccc(OCc2cc(C3C(C#N)=C(N)N(c4ccccc4C(F)(F)F)C4=C3C(=O)CC(C)(C)C4)c(C)cc2C)cc1. The molecule has 2 N–H and O–H groups in total. The maximum absolute atomic E-state index is 14.2. The Kier molecular flexibility index (Phi) is 7.64. The standard InChI is InChI=1S/C35H34F3N3O2/c1-20-10-12-24(13-11-20)43-19-23-15-25(22(3)14-21(23)2)31-26(18-39)33(40)41(28-9-7-6-8-27(28)35(36,37)38)29-16-34(4,5)17-30(42)32(29)31/h6-15,31H,16-17,19,40H2,1-5H3. The van der Waals surface area contributed by atoms with Gasteiger partial charge in [-0.2, -0.15) is 18.4 Å². The van der Waals surface area contributed by atoms with Crippen LogP contribution in [-0.4, -0.2) is 5.78 Å². The molecule has 2 aliphatic rings. The molecule has 5 rings (SSSR count). The molecule has 1 aliphatic heterocycles. The summed E-state index contributed by atoms with van der Waals surface area (Å²) in [6.45, 7) is 9.95. The number of Topliss-reactive ketones (excluding diaryl/α,β-unsaturated/α-hetero) is 1. The Labute approximate surface area is 250 Å². The summed E-state index contributed by atoms with van der Waals surface area (Å²) in [6, 6.07) is 18.9. The smallest absolute Gasteiger partial charge is 0.418 e. The second kappa shape index (κ2) is 11.0. The van der Waals surface area contributed by atoms with Gasteiger partial charge in [0, 0.05) is 17.7 Å². The first kappa shape index (κ1) is 30.0. The quantitative estimate of drug-likeness (QED) is 0.327. The summed E-state index contributed by atoms with van der Waals surface area (Å²) >= 11 is 0. The number of rotatable bonds is 5. The fourth-order valence-electron chi connectivity index (χ4n) is 6.18. The first-order valence-corrected chi connectivity index (χ1v) is 14.1. The van der Waals surface area contributed by atoms with E-state index in [1.54, 1.807) is 0 Å². The topological polar surface area (TPSA) is 79.3 Å². The maximum atomic E-state index is 14.2. The Hall–Kier alpha value is -4.51. The number of nitriles is 1. The van der Waals surface area contributed by atoms with Crippen LogP contribution in [0.3, 0.4) is 0 Å². The first-order valence-electron chi connectivity index (χ1n) is 14.1. The zero-order chi connectivity index (χ0) is 31.3. The molecule has 0 bridgehead atoms. The van der Waals surface area contributed by atoms with E-state index in [0.29, 0.717) is 29.0 Å². The number of ketones is 1. The van der Waals surface area contributed by atoms with Crippen molar-refractivity contribution in [1.29, 1.82) is 5.26 Å². The van der Waals surface area contributed by atoms with Crippen LogP contribution >= 0.6 is 0 Å². The number of hydrogen-bond acceptors (Lipinski definition) is 5. The van der Waals surface area contributed by atoms with E-state index >= 15 is 0 Å². The summed E-state index contributed by atoms with van der Waals surface area (Å²) in [4.78, 5) is 15.2. The number of benzene rings is 3. The van der Waals surface area contributed by atoms with Gasteiger partial charge in [-0.15, -0.1) is 0 Å². The Bertz CT molecular complexity index is 1710. The molecule has 1 unspecified atom stereocenters. The van der Waals surface area contributed by atoms with Crippen molar-refractivity contribution in [3.8, 4) is 11.8 Å². The van der Waals surface area contributed by atoms with Crippen LogP contribution in [0.1, 0.15) is 66.0 Å². The molecule has 0 aromatic heterocycles. The zero-order valence-electron chi connectivity index (χ0n) is 24.9. The highest BCUT2D eigenvalue weighted by molar-refractivity contribution is 6.02. The largest absolute Gasteiger partial charge is 0.489 e. The van der Waals surface area contributed by atoms with E-state index in [-0.39, 0.29) is 35.9 Å². The van der Waals surface area contributed by atoms with Gasteiger partial charge in [0.05, 0.1) is 28.8 Å². The van der Waals surface area contributed by atoms with Crippen molar-refractivity contribution in [3.63, 3.8) is 0 Å². The summed E-state index contributed by atoms with van der Waals surface area (Å²) in [6.07, 6.45) is -4.16. The monoisotopic (exact) mass is 585 g/mol. The highest BCUT2D eigenvalue weighted by Gasteiger charge is 2.46. The number of carbonyl (C=O) groups excluding carboxylic acids is 1. The van der Waals surface area contributed by atoms with Crippen molar-refractivity contribution in [3.05, 3.63) is 117 Å². The van der Waals surface area contributed by atoms with Crippen molar-refractivity contribution in [2.75, 3.05) is 4.90 Å². The van der Waals surface area contributed by atoms with Gasteiger partial charge in [-0.25, -0.2) is 0 Å². The van der Waals surface area contributed by atoms with E-state index in [1.165, 1.54) is 23.1 Å². The summed E-state index contributed by atoms with van der Waals surface area (Å²) < 4.78 is 48.7. The van der Waals surface area contributed by atoms with Gasteiger partial charge >= 0.3 is 6.18 Å². The van der Waals surface area contributed by atoms with E-state index in [4.69, 9.17) is 10.5 Å². The number of nitrogens with two attached hydrogens (primary N) is 1. The minimum Gasteiger partial charge on any atom is -0.489 e. The molecule has 222 valence electrons. The van der Waals surface area contributed by atoms with Gasteiger partial charge in [-0.3, -0.25) is 9.69 Å². The Morgan fingerprint density at radius 1 is 1.02 bits per heavy atom. The molecule has 8 heteroatoms. The number of carbonyl (C=O) groups is 1. The molecule has 0 radical (unpaired) electrons. The van der Waals surface area contributed by atoms with Crippen molar-refractivity contribution < 1.29 is 22.7 Å². The van der Waals surface area contributed by atoms with E-state index in [1.807, 2.05) is 71.0 Å². The molecule has 3 aromatic rings. The molecular formula is C35H34F3N3O2. The molecule has 1 atom stereocenters. The van der Waals surface area contributed by atoms with Gasteiger partial charge in [-0.05, 0) is 79.1 Å². The molecule has 0 amide bonds. The van der Waals surface area contributed by atoms with Crippen LogP contribution in [0.4, 0.5) is 18.9 Å². The van der Waals surface area contributed by atoms with Gasteiger partial charge in [0.15, 0.2) is 5.78 Å². The highest BCUT2D eigenvalue weighted by Crippen LogP contribution is 2.52. The third-order valence-corrected chi connectivity index (χ3v) is 8.28. The molecule has 0 fully saturated rings. The van der Waals surface area contributed by atoms with Crippen LogP contribution in [-0.2, 0) is 17.6 Å². The fourth-order valence-corrected chi connectivity index (χ4v) is 6.18. The summed E-state index contributed by atoms with van der Waals surface area (Å²) in [5.41, 5.74) is 10.3. The second-order valence-corrected chi connectivity index (χ2v) is 12.2. The Balaban J connectivity index is 1.70. The van der Waals surface area contributed by atoms with Crippen LogP contribution in [0.2, 0.25) is 0 Å². The van der Waals surface area contributed by atoms with Gasteiger partial charge in [0.2, 0.25) is 0 Å². The van der Waals surface area contributed by atoms with Crippen LogP contribution in [0.25, 0.3) is 0 Å². The third kappa shape index (κ3) is 5.64. The fraction of sp³-hybridized carbons (Fsp3) is 0.314. The Morgan fingerprint density at radius 2 is 1.70 bits per heavy atom. The van der Waals surface area contributed by atoms with Crippen LogP contribution in [0, 0.1) is 37.5 Å². The summed E-state index contributed by atoms with van der Waals surface area (Å²) in [7, 11) is 0. The number of anilines is 1. The third-order valence-electron chi connectivity index (χ3n) is 8.28. The lowest BCUT2D eigenvalue weighted by Crippen LogP contribution is -2.42. The Morgan fingerprint density at radius 3 is 2.35 bits per heavy atom. The average molecular weight is 586 g/mol. The maximum Gasteiger partial charge on any atom is 0.418 e. The summed E-state index contributed by atoms with van der Waals surface area (Å²) in [5, 5.41) is 10.5. The normalized spacial score (nSPS) is 18.4. The first-order chi connectivity index (χ1) is 20.2. The van der Waals surface area contributed by atoms with Crippen molar-refractivity contribution in [2.24, 2.45) is 11.1 Å². The van der Waals surface area contributed by atoms with Gasteiger partial charge < -0.3 is 10.5 Å². The lowest BCUT2D eigenvalue weighted by Gasteiger charge is -2.44. The van der Waals surface area contributed by atoms with E-state index in [2.05, 4.69) is 6.07 Å². The number of alkyl halides is 3. The number of nitrogens with zero attached hydrogens (tertiary/aromatic N) is 2. The van der Waals surface area contributed by atoms with Crippen molar-refractivity contribution in [1.82, 2.24) is 0 Å². The molecule has 0 spiro atoms. The van der Waals surface area contributed by atoms with Crippen LogP contribution in [0.15, 0.2) is 83.3 Å². The zero-order valence-corrected chi connectivity index (χ0v) is 24.9. The van der Waals surface area contributed by atoms with Gasteiger partial charge in [0.25, 0.3) is 0 Å². The lowest BCUT2D eigenvalue weighted by atomic mass is 9.68. The minimum atomic E-state index is -4.67. The minimum absolute atomic E-state index is 0.0427. The molecule has 5 nitrogen and oxygen atoms in total. The van der Waals surface area contributed by atoms with Crippen molar-refractivity contribution >= 4 is 11.5 Å². The second-order valence-electron chi connectivity index (χ2n) is 12.2. The number of ether oxygens (including phenoxy) is 1. The number of para-hydroxylation sites is 1. The average Bonchev–Trinajstić information content (AvgIpc) is 2.92. The predicted molar refractivity (Wildman–Crippen MR) is 160 cm³/mol. The highest BCUT2D eigenvalue weighted by atomic mass is 19.4. The van der Waals surface area contributed by atoms with E-state index < -0.39 is 23.1 Å². The van der Waals surface area contributed by atoms with E-state index in [0.717, 1.165) is 28.3 Å². The molecule has 0 saturated heterocycles. The number of halogens is 3.